The molecule has 4 rings (SSSR count). The maximum atomic E-state index is 12.5. The SMILES string of the molecule is O=C(COc1ccc2c(c1)CCC2)N1CCC(Cc2ccccc2)CC1. The van der Waals surface area contributed by atoms with Crippen LogP contribution in [0.2, 0.25) is 0 Å². The van der Waals surface area contributed by atoms with E-state index >= 15 is 0 Å². The van der Waals surface area contributed by atoms with Crippen molar-refractivity contribution in [3.63, 3.8) is 0 Å². The van der Waals surface area contributed by atoms with E-state index in [4.69, 9.17) is 4.74 Å². The Morgan fingerprint density at radius 1 is 1.00 bits per heavy atom. The van der Waals surface area contributed by atoms with Crippen LogP contribution >= 0.6 is 0 Å². The van der Waals surface area contributed by atoms with Crippen molar-refractivity contribution in [2.75, 3.05) is 19.7 Å². The van der Waals surface area contributed by atoms with E-state index in [1.807, 2.05) is 11.0 Å². The Bertz CT molecular complexity index is 748. The molecule has 0 saturated carbocycles. The van der Waals surface area contributed by atoms with Crippen molar-refractivity contribution < 1.29 is 9.53 Å². The first-order valence-electron chi connectivity index (χ1n) is 9.84. The van der Waals surface area contributed by atoms with Crippen molar-refractivity contribution in [1.29, 1.82) is 0 Å². The number of nitrogens with zero attached hydrogens (tertiary/aromatic N) is 1. The first-order valence-corrected chi connectivity index (χ1v) is 9.84. The Balaban J connectivity index is 1.23. The largest absolute Gasteiger partial charge is 0.484 e. The van der Waals surface area contributed by atoms with Gasteiger partial charge in [-0.15, -0.1) is 0 Å². The molecule has 3 nitrogen and oxygen atoms in total. The number of rotatable bonds is 5. The summed E-state index contributed by atoms with van der Waals surface area (Å²) in [5.41, 5.74) is 4.22. The molecule has 1 fully saturated rings. The Morgan fingerprint density at radius 2 is 1.77 bits per heavy atom. The summed E-state index contributed by atoms with van der Waals surface area (Å²) < 4.78 is 5.78. The van der Waals surface area contributed by atoms with Gasteiger partial charge in [0.25, 0.3) is 5.91 Å². The Hall–Kier alpha value is -2.29. The monoisotopic (exact) mass is 349 g/mol. The predicted octanol–water partition coefficient (Wildman–Crippen LogP) is 4.04. The van der Waals surface area contributed by atoms with Gasteiger partial charge in [0.05, 0.1) is 0 Å². The topological polar surface area (TPSA) is 29.5 Å². The third-order valence-electron chi connectivity index (χ3n) is 5.77. The van der Waals surface area contributed by atoms with E-state index in [2.05, 4.69) is 42.5 Å². The highest BCUT2D eigenvalue weighted by atomic mass is 16.5. The average Bonchev–Trinajstić information content (AvgIpc) is 3.15. The van der Waals surface area contributed by atoms with E-state index in [0.717, 1.165) is 44.5 Å². The van der Waals surface area contributed by atoms with E-state index < -0.39 is 0 Å². The van der Waals surface area contributed by atoms with Crippen LogP contribution in [0.5, 0.6) is 5.75 Å². The van der Waals surface area contributed by atoms with Gasteiger partial charge in [-0.25, -0.2) is 0 Å². The molecule has 26 heavy (non-hydrogen) atoms. The third kappa shape index (κ3) is 4.09. The van der Waals surface area contributed by atoms with Crippen LogP contribution in [0.3, 0.4) is 0 Å². The molecule has 0 atom stereocenters. The minimum absolute atomic E-state index is 0.114. The van der Waals surface area contributed by atoms with E-state index in [9.17, 15) is 4.79 Å². The van der Waals surface area contributed by atoms with Crippen LogP contribution in [0.4, 0.5) is 0 Å². The highest BCUT2D eigenvalue weighted by molar-refractivity contribution is 5.77. The number of carbonyl (C=O) groups is 1. The number of carbonyl (C=O) groups excluding carboxylic acids is 1. The van der Waals surface area contributed by atoms with E-state index in [1.54, 1.807) is 0 Å². The fraction of sp³-hybridized carbons (Fsp3) is 0.435. The molecule has 2 aromatic rings. The average molecular weight is 349 g/mol. The van der Waals surface area contributed by atoms with Gasteiger partial charge in [0.1, 0.15) is 5.75 Å². The summed E-state index contributed by atoms with van der Waals surface area (Å²) >= 11 is 0. The lowest BCUT2D eigenvalue weighted by atomic mass is 9.90. The second kappa shape index (κ2) is 7.94. The number of likely N-dealkylation sites (tertiary alicyclic amines) is 1. The lowest BCUT2D eigenvalue weighted by Crippen LogP contribution is -2.41. The van der Waals surface area contributed by atoms with Gasteiger partial charge in [-0.1, -0.05) is 36.4 Å². The third-order valence-corrected chi connectivity index (χ3v) is 5.77. The molecule has 2 aromatic carbocycles. The lowest BCUT2D eigenvalue weighted by molar-refractivity contribution is -0.134. The summed E-state index contributed by atoms with van der Waals surface area (Å²) in [6.07, 6.45) is 6.82. The van der Waals surface area contributed by atoms with Gasteiger partial charge in [0, 0.05) is 13.1 Å². The van der Waals surface area contributed by atoms with Gasteiger partial charge in [-0.2, -0.15) is 0 Å². The van der Waals surface area contributed by atoms with Gasteiger partial charge in [-0.05, 0) is 73.3 Å². The number of amides is 1. The summed E-state index contributed by atoms with van der Waals surface area (Å²) in [5.74, 6) is 1.63. The molecule has 1 amide bonds. The van der Waals surface area contributed by atoms with Crippen molar-refractivity contribution >= 4 is 5.91 Å². The fourth-order valence-electron chi connectivity index (χ4n) is 4.21. The highest BCUT2D eigenvalue weighted by Crippen LogP contribution is 2.26. The molecular formula is C23H27NO2. The predicted molar refractivity (Wildman–Crippen MR) is 103 cm³/mol. The van der Waals surface area contributed by atoms with Gasteiger partial charge < -0.3 is 9.64 Å². The minimum atomic E-state index is 0.114. The number of hydrogen-bond acceptors (Lipinski definition) is 2. The minimum Gasteiger partial charge on any atom is -0.484 e. The number of fused-ring (bicyclic) bond motifs is 1. The Morgan fingerprint density at radius 3 is 2.58 bits per heavy atom. The van der Waals surface area contributed by atoms with Crippen LogP contribution < -0.4 is 4.74 Å². The van der Waals surface area contributed by atoms with Crippen LogP contribution in [0.1, 0.15) is 36.0 Å². The van der Waals surface area contributed by atoms with Crippen molar-refractivity contribution in [3.05, 3.63) is 65.2 Å². The molecule has 0 radical (unpaired) electrons. The quantitative estimate of drug-likeness (QED) is 0.815. The maximum absolute atomic E-state index is 12.5. The Labute approximate surface area is 156 Å². The fourth-order valence-corrected chi connectivity index (χ4v) is 4.21. The van der Waals surface area contributed by atoms with Crippen molar-refractivity contribution in [2.45, 2.75) is 38.5 Å². The zero-order chi connectivity index (χ0) is 17.8. The molecular weight excluding hydrogens is 322 g/mol. The summed E-state index contributed by atoms with van der Waals surface area (Å²) in [5, 5.41) is 0. The van der Waals surface area contributed by atoms with Gasteiger partial charge in [-0.3, -0.25) is 4.79 Å². The maximum Gasteiger partial charge on any atom is 0.260 e. The summed E-state index contributed by atoms with van der Waals surface area (Å²) in [6.45, 7) is 1.86. The number of piperidine rings is 1. The van der Waals surface area contributed by atoms with Crippen LogP contribution in [0, 0.1) is 5.92 Å². The van der Waals surface area contributed by atoms with Gasteiger partial charge >= 0.3 is 0 Å². The van der Waals surface area contributed by atoms with Crippen molar-refractivity contribution in [3.8, 4) is 5.75 Å². The molecule has 1 aliphatic heterocycles. The second-order valence-corrected chi connectivity index (χ2v) is 7.59. The standard InChI is InChI=1S/C23H27NO2/c25-23(17-26-22-10-9-20-7-4-8-21(20)16-22)24-13-11-19(12-14-24)15-18-5-2-1-3-6-18/h1-3,5-6,9-10,16,19H,4,7-8,11-15,17H2. The molecule has 2 aliphatic rings. The van der Waals surface area contributed by atoms with Crippen molar-refractivity contribution in [2.24, 2.45) is 5.92 Å². The number of ether oxygens (including phenoxy) is 1. The molecule has 0 bridgehead atoms. The summed E-state index contributed by atoms with van der Waals surface area (Å²) in [4.78, 5) is 14.4. The Kier molecular flexibility index (Phi) is 5.24. The highest BCUT2D eigenvalue weighted by Gasteiger charge is 2.23. The molecule has 136 valence electrons. The smallest absolute Gasteiger partial charge is 0.260 e. The normalized spacial score (nSPS) is 17.2. The molecule has 0 spiro atoms. The van der Waals surface area contributed by atoms with Crippen molar-refractivity contribution in [1.82, 2.24) is 4.90 Å². The van der Waals surface area contributed by atoms with Crippen LogP contribution in [0.25, 0.3) is 0 Å². The number of benzene rings is 2. The molecule has 1 saturated heterocycles. The van der Waals surface area contributed by atoms with Crippen LogP contribution in [-0.4, -0.2) is 30.5 Å². The summed E-state index contributed by atoms with van der Waals surface area (Å²) in [7, 11) is 0. The lowest BCUT2D eigenvalue weighted by Gasteiger charge is -2.32. The molecule has 1 aliphatic carbocycles. The first kappa shape index (κ1) is 17.1. The molecule has 0 unspecified atom stereocenters. The first-order chi connectivity index (χ1) is 12.8. The van der Waals surface area contributed by atoms with E-state index in [-0.39, 0.29) is 12.5 Å². The zero-order valence-corrected chi connectivity index (χ0v) is 15.3. The zero-order valence-electron chi connectivity index (χ0n) is 15.3. The van der Waals surface area contributed by atoms with E-state index in [1.165, 1.54) is 29.5 Å². The van der Waals surface area contributed by atoms with Gasteiger partial charge in [0.15, 0.2) is 6.61 Å². The van der Waals surface area contributed by atoms with Crippen LogP contribution in [-0.2, 0) is 24.1 Å². The molecule has 3 heteroatoms. The molecule has 1 heterocycles. The molecule has 0 N–H and O–H groups in total. The number of hydrogen-bond donors (Lipinski definition) is 0. The number of aryl methyl sites for hydroxylation is 2. The van der Waals surface area contributed by atoms with Gasteiger partial charge in [0.2, 0.25) is 0 Å². The molecule has 0 aromatic heterocycles. The van der Waals surface area contributed by atoms with Crippen LogP contribution in [0.15, 0.2) is 48.5 Å². The summed E-state index contributed by atoms with van der Waals surface area (Å²) in [6, 6.07) is 16.9. The second-order valence-electron chi connectivity index (χ2n) is 7.59. The van der Waals surface area contributed by atoms with E-state index in [0.29, 0.717) is 5.92 Å².